The lowest BCUT2D eigenvalue weighted by Gasteiger charge is -2.01. The molecule has 0 aromatic carbocycles. The van der Waals surface area contributed by atoms with Gasteiger partial charge >= 0.3 is 0 Å². The summed E-state index contributed by atoms with van der Waals surface area (Å²) in [6.45, 7) is 2.77. The molecular formula is C12H25NO. The highest BCUT2D eigenvalue weighted by molar-refractivity contribution is 5.80. The maximum absolute atomic E-state index is 11.1. The Morgan fingerprint density at radius 1 is 1.00 bits per heavy atom. The quantitative estimate of drug-likeness (QED) is 0.548. The maximum Gasteiger partial charge on any atom is 0.146 e. The Kier molecular flexibility index (Phi) is 10.4. The zero-order valence-corrected chi connectivity index (χ0v) is 9.77. The fourth-order valence-corrected chi connectivity index (χ4v) is 1.56. The first-order valence-corrected chi connectivity index (χ1v) is 5.97. The van der Waals surface area contributed by atoms with Crippen LogP contribution >= 0.6 is 0 Å². The monoisotopic (exact) mass is 199 g/mol. The minimum Gasteiger partial charge on any atom is -0.313 e. The highest BCUT2D eigenvalue weighted by atomic mass is 16.1. The van der Waals surface area contributed by atoms with E-state index in [9.17, 15) is 4.79 Å². The molecule has 0 unspecified atom stereocenters. The fourth-order valence-electron chi connectivity index (χ4n) is 1.56. The lowest BCUT2D eigenvalue weighted by molar-refractivity contribution is -0.118. The summed E-state index contributed by atoms with van der Waals surface area (Å²) in [4.78, 5) is 11.1. The molecule has 0 spiro atoms. The van der Waals surface area contributed by atoms with Crippen LogP contribution in [-0.4, -0.2) is 19.4 Å². The number of carbonyl (C=O) groups excluding carboxylic acids is 1. The molecule has 84 valence electrons. The van der Waals surface area contributed by atoms with Crippen LogP contribution in [0.5, 0.6) is 0 Å². The Morgan fingerprint density at radius 3 is 2.14 bits per heavy atom. The Balaban J connectivity index is 3.01. The first kappa shape index (κ1) is 13.6. The van der Waals surface area contributed by atoms with Gasteiger partial charge in [-0.2, -0.15) is 0 Å². The van der Waals surface area contributed by atoms with Gasteiger partial charge in [-0.25, -0.2) is 0 Å². The molecular weight excluding hydrogens is 174 g/mol. The van der Waals surface area contributed by atoms with Crippen molar-refractivity contribution in [3.63, 3.8) is 0 Å². The minimum absolute atomic E-state index is 0.348. The second kappa shape index (κ2) is 10.7. The van der Waals surface area contributed by atoms with Crippen molar-refractivity contribution in [3.05, 3.63) is 0 Å². The number of ketones is 1. The Hall–Kier alpha value is -0.370. The Bertz CT molecular complexity index is 134. The molecule has 0 radical (unpaired) electrons. The van der Waals surface area contributed by atoms with Gasteiger partial charge in [0, 0.05) is 6.42 Å². The number of Topliss-reactive ketones (excluding diaryl/α,β-unsaturated/α-hetero) is 1. The number of rotatable bonds is 10. The first-order chi connectivity index (χ1) is 6.81. The number of carbonyl (C=O) groups is 1. The average Bonchev–Trinajstić information content (AvgIpc) is 2.17. The van der Waals surface area contributed by atoms with E-state index in [1.807, 2.05) is 7.05 Å². The molecule has 0 fully saturated rings. The molecule has 0 atom stereocenters. The molecule has 0 rings (SSSR count). The molecule has 0 aliphatic rings. The van der Waals surface area contributed by atoms with Crippen LogP contribution in [0.25, 0.3) is 0 Å². The molecule has 1 N–H and O–H groups in total. The summed E-state index contributed by atoms with van der Waals surface area (Å²) in [7, 11) is 1.82. The Labute approximate surface area is 88.5 Å². The van der Waals surface area contributed by atoms with Crippen LogP contribution in [0.4, 0.5) is 0 Å². The van der Waals surface area contributed by atoms with Gasteiger partial charge in [-0.15, -0.1) is 0 Å². The smallest absolute Gasteiger partial charge is 0.146 e. The molecule has 14 heavy (non-hydrogen) atoms. The molecule has 0 aromatic heterocycles. The summed E-state index contributed by atoms with van der Waals surface area (Å²) in [5.41, 5.74) is 0. The van der Waals surface area contributed by atoms with Gasteiger partial charge in [0.25, 0.3) is 0 Å². The zero-order chi connectivity index (χ0) is 10.6. The van der Waals surface area contributed by atoms with Crippen molar-refractivity contribution in [2.75, 3.05) is 13.6 Å². The summed E-state index contributed by atoms with van der Waals surface area (Å²) in [6.07, 6.45) is 9.72. The van der Waals surface area contributed by atoms with Crippen LogP contribution in [0.3, 0.4) is 0 Å². The van der Waals surface area contributed by atoms with E-state index in [0.29, 0.717) is 12.3 Å². The number of unbranched alkanes of at least 4 members (excludes halogenated alkanes) is 6. The van der Waals surface area contributed by atoms with Crippen LogP contribution < -0.4 is 5.32 Å². The van der Waals surface area contributed by atoms with Gasteiger partial charge in [-0.05, 0) is 13.5 Å². The van der Waals surface area contributed by atoms with Gasteiger partial charge in [0.2, 0.25) is 0 Å². The third-order valence-electron chi connectivity index (χ3n) is 2.43. The van der Waals surface area contributed by atoms with Crippen molar-refractivity contribution < 1.29 is 4.79 Å². The van der Waals surface area contributed by atoms with Gasteiger partial charge in [0.05, 0.1) is 6.54 Å². The largest absolute Gasteiger partial charge is 0.313 e. The van der Waals surface area contributed by atoms with E-state index < -0.39 is 0 Å². The van der Waals surface area contributed by atoms with Crippen molar-refractivity contribution in [2.45, 2.75) is 58.3 Å². The van der Waals surface area contributed by atoms with Crippen molar-refractivity contribution in [2.24, 2.45) is 0 Å². The normalized spacial score (nSPS) is 10.4. The average molecular weight is 199 g/mol. The molecule has 0 bridgehead atoms. The molecule has 2 heteroatoms. The number of nitrogens with one attached hydrogen (secondary N) is 1. The second-order valence-corrected chi connectivity index (χ2v) is 3.94. The number of hydrogen-bond acceptors (Lipinski definition) is 2. The SMILES string of the molecule is CCCCCCCCCC(=O)CNC. The highest BCUT2D eigenvalue weighted by Gasteiger charge is 1.98. The van der Waals surface area contributed by atoms with Gasteiger partial charge in [-0.1, -0.05) is 45.4 Å². The number of hydrogen-bond donors (Lipinski definition) is 1. The predicted molar refractivity (Wildman–Crippen MR) is 61.5 cm³/mol. The molecule has 0 heterocycles. The van der Waals surface area contributed by atoms with Crippen LogP contribution in [0, 0.1) is 0 Å². The van der Waals surface area contributed by atoms with E-state index in [1.165, 1.54) is 38.5 Å². The molecule has 0 aliphatic carbocycles. The molecule has 0 aliphatic heterocycles. The van der Waals surface area contributed by atoms with Crippen molar-refractivity contribution in [1.29, 1.82) is 0 Å². The summed E-state index contributed by atoms with van der Waals surface area (Å²) in [5, 5.41) is 2.89. The van der Waals surface area contributed by atoms with Crippen molar-refractivity contribution in [3.8, 4) is 0 Å². The summed E-state index contributed by atoms with van der Waals surface area (Å²) < 4.78 is 0. The summed E-state index contributed by atoms with van der Waals surface area (Å²) in [6, 6.07) is 0. The van der Waals surface area contributed by atoms with E-state index in [2.05, 4.69) is 12.2 Å². The molecule has 2 nitrogen and oxygen atoms in total. The van der Waals surface area contributed by atoms with Crippen LogP contribution in [0.15, 0.2) is 0 Å². The summed E-state index contributed by atoms with van der Waals surface area (Å²) >= 11 is 0. The van der Waals surface area contributed by atoms with Crippen molar-refractivity contribution in [1.82, 2.24) is 5.32 Å². The molecule has 0 saturated heterocycles. The van der Waals surface area contributed by atoms with E-state index in [1.54, 1.807) is 0 Å². The van der Waals surface area contributed by atoms with Crippen LogP contribution in [0.2, 0.25) is 0 Å². The molecule has 0 saturated carbocycles. The first-order valence-electron chi connectivity index (χ1n) is 5.97. The van der Waals surface area contributed by atoms with E-state index in [0.717, 1.165) is 12.8 Å². The van der Waals surface area contributed by atoms with E-state index in [-0.39, 0.29) is 0 Å². The minimum atomic E-state index is 0.348. The van der Waals surface area contributed by atoms with Crippen LogP contribution in [-0.2, 0) is 4.79 Å². The van der Waals surface area contributed by atoms with Crippen molar-refractivity contribution >= 4 is 5.78 Å². The standard InChI is InChI=1S/C12H25NO/c1-3-4-5-6-7-8-9-10-12(14)11-13-2/h13H,3-11H2,1-2H3. The fraction of sp³-hybridized carbons (Fsp3) is 0.917. The predicted octanol–water partition coefficient (Wildman–Crippen LogP) is 2.92. The maximum atomic E-state index is 11.1. The topological polar surface area (TPSA) is 29.1 Å². The lowest BCUT2D eigenvalue weighted by Crippen LogP contribution is -2.17. The third kappa shape index (κ3) is 9.72. The molecule has 0 aromatic rings. The Morgan fingerprint density at radius 2 is 1.57 bits per heavy atom. The van der Waals surface area contributed by atoms with Crippen LogP contribution in [0.1, 0.15) is 58.3 Å². The second-order valence-electron chi connectivity index (χ2n) is 3.94. The zero-order valence-electron chi connectivity index (χ0n) is 9.77. The van der Waals surface area contributed by atoms with E-state index in [4.69, 9.17) is 0 Å². The van der Waals surface area contributed by atoms with Gasteiger partial charge in [-0.3, -0.25) is 4.79 Å². The highest BCUT2D eigenvalue weighted by Crippen LogP contribution is 2.08. The van der Waals surface area contributed by atoms with Gasteiger partial charge in [0.1, 0.15) is 5.78 Å². The third-order valence-corrected chi connectivity index (χ3v) is 2.43. The van der Waals surface area contributed by atoms with Gasteiger partial charge < -0.3 is 5.32 Å². The van der Waals surface area contributed by atoms with E-state index >= 15 is 0 Å². The molecule has 0 amide bonds. The lowest BCUT2D eigenvalue weighted by atomic mass is 10.1. The number of likely N-dealkylation sites (N-methyl/N-ethyl adjacent to an activating group) is 1. The summed E-state index contributed by atoms with van der Waals surface area (Å²) in [5.74, 6) is 0.348. The van der Waals surface area contributed by atoms with Gasteiger partial charge in [0.15, 0.2) is 0 Å².